The van der Waals surface area contributed by atoms with Gasteiger partial charge in [0.2, 0.25) is 5.91 Å². The summed E-state index contributed by atoms with van der Waals surface area (Å²) in [4.78, 5) is 47.5. The van der Waals surface area contributed by atoms with Gasteiger partial charge in [-0.2, -0.15) is 13.2 Å². The van der Waals surface area contributed by atoms with Crippen LogP contribution < -0.4 is 10.2 Å². The van der Waals surface area contributed by atoms with Gasteiger partial charge in [0.25, 0.3) is 0 Å². The Bertz CT molecular complexity index is 1480. The van der Waals surface area contributed by atoms with Gasteiger partial charge in [0.05, 0.1) is 23.8 Å². The maximum Gasteiger partial charge on any atom is 0.417 e. The SMILES string of the molecule is COC(=O)c1cc2c(N3CC4CCC(C3)C4=O)nc(-c3cnc(NC(=O)C(C)(C)C)cc3C(F)(F)F)nn2c1. The molecule has 5 rings (SSSR count). The fraction of sp³-hybridized carbons (Fsp3) is 0.462. The Hall–Kier alpha value is -4.03. The van der Waals surface area contributed by atoms with Crippen molar-refractivity contribution in [3.05, 3.63) is 35.7 Å². The van der Waals surface area contributed by atoms with Gasteiger partial charge in [-0.1, -0.05) is 20.8 Å². The lowest BCUT2D eigenvalue weighted by molar-refractivity contribution is -0.137. The molecule has 3 aromatic heterocycles. The monoisotopic (exact) mass is 544 g/mol. The number of hydrogen-bond donors (Lipinski definition) is 1. The molecule has 4 heterocycles. The van der Waals surface area contributed by atoms with E-state index in [-0.39, 0.29) is 34.8 Å². The zero-order valence-electron chi connectivity index (χ0n) is 21.8. The lowest BCUT2D eigenvalue weighted by Crippen LogP contribution is -2.43. The van der Waals surface area contributed by atoms with Crippen LogP contribution in [0.1, 0.15) is 49.5 Å². The number of nitrogens with one attached hydrogen (secondary N) is 1. The molecule has 0 spiro atoms. The molecule has 1 aliphatic heterocycles. The third-order valence-electron chi connectivity index (χ3n) is 7.09. The molecule has 0 aromatic carbocycles. The molecular formula is C26H27F3N6O4. The Kier molecular flexibility index (Phi) is 6.34. The molecule has 2 unspecified atom stereocenters. The third-order valence-corrected chi connectivity index (χ3v) is 7.09. The highest BCUT2D eigenvalue weighted by atomic mass is 19.4. The number of rotatable bonds is 4. The molecule has 2 atom stereocenters. The van der Waals surface area contributed by atoms with Crippen molar-refractivity contribution in [2.75, 3.05) is 30.4 Å². The lowest BCUT2D eigenvalue weighted by atomic mass is 9.96. The fourth-order valence-corrected chi connectivity index (χ4v) is 4.96. The first kappa shape index (κ1) is 26.6. The summed E-state index contributed by atoms with van der Waals surface area (Å²) in [6.45, 7) is 5.62. The van der Waals surface area contributed by atoms with E-state index in [2.05, 4.69) is 20.4 Å². The van der Waals surface area contributed by atoms with Crippen LogP contribution >= 0.6 is 0 Å². The second-order valence-electron chi connectivity index (χ2n) is 10.9. The minimum absolute atomic E-state index is 0.149. The predicted octanol–water partition coefficient (Wildman–Crippen LogP) is 4.00. The maximum absolute atomic E-state index is 14.3. The van der Waals surface area contributed by atoms with E-state index in [1.807, 2.05) is 4.90 Å². The van der Waals surface area contributed by atoms with E-state index in [1.54, 1.807) is 20.8 Å². The van der Waals surface area contributed by atoms with Gasteiger partial charge < -0.3 is 15.0 Å². The number of ether oxygens (including phenoxy) is 1. The maximum atomic E-state index is 14.3. The summed E-state index contributed by atoms with van der Waals surface area (Å²) in [6.07, 6.45) is -1.00. The Labute approximate surface area is 221 Å². The topological polar surface area (TPSA) is 119 Å². The van der Waals surface area contributed by atoms with Crippen molar-refractivity contribution < 1.29 is 32.3 Å². The number of anilines is 2. The van der Waals surface area contributed by atoms with Gasteiger partial charge in [-0.05, 0) is 25.0 Å². The summed E-state index contributed by atoms with van der Waals surface area (Å²) in [6, 6.07) is 2.26. The molecule has 2 bridgehead atoms. The first-order valence-electron chi connectivity index (χ1n) is 12.4. The Morgan fingerprint density at radius 3 is 2.36 bits per heavy atom. The zero-order chi connectivity index (χ0) is 28.3. The number of hydrogen-bond acceptors (Lipinski definition) is 8. The number of piperidine rings is 1. The molecule has 1 aliphatic carbocycles. The summed E-state index contributed by atoms with van der Waals surface area (Å²) in [7, 11) is 1.22. The number of aromatic nitrogens is 4. The van der Waals surface area contributed by atoms with Gasteiger partial charge in [0, 0.05) is 42.7 Å². The molecule has 2 aliphatic rings. The number of Topliss-reactive ketones (excluding diaryl/α,β-unsaturated/α-hetero) is 1. The number of alkyl halides is 3. The van der Waals surface area contributed by atoms with Crippen LogP contribution in [0.25, 0.3) is 16.9 Å². The van der Waals surface area contributed by atoms with Crippen LogP contribution in [-0.2, 0) is 20.5 Å². The van der Waals surface area contributed by atoms with E-state index in [1.165, 1.54) is 23.9 Å². The number of pyridine rings is 1. The average molecular weight is 545 g/mol. The molecule has 1 saturated heterocycles. The predicted molar refractivity (Wildman–Crippen MR) is 134 cm³/mol. The van der Waals surface area contributed by atoms with Gasteiger partial charge in [-0.3, -0.25) is 9.59 Å². The van der Waals surface area contributed by atoms with Crippen molar-refractivity contribution in [1.82, 2.24) is 19.6 Å². The van der Waals surface area contributed by atoms with Crippen LogP contribution in [0, 0.1) is 17.3 Å². The van der Waals surface area contributed by atoms with Crippen LogP contribution in [0.5, 0.6) is 0 Å². The van der Waals surface area contributed by atoms with Crippen LogP contribution in [0.15, 0.2) is 24.5 Å². The summed E-state index contributed by atoms with van der Waals surface area (Å²) in [5, 5.41) is 6.71. The van der Waals surface area contributed by atoms with Crippen LogP contribution in [0.2, 0.25) is 0 Å². The smallest absolute Gasteiger partial charge is 0.417 e. The average Bonchev–Trinajstić information content (AvgIpc) is 3.37. The molecule has 206 valence electrons. The molecule has 13 heteroatoms. The Morgan fingerprint density at radius 2 is 1.77 bits per heavy atom. The van der Waals surface area contributed by atoms with Crippen molar-refractivity contribution in [3.63, 3.8) is 0 Å². The number of esters is 1. The largest absolute Gasteiger partial charge is 0.465 e. The normalized spacial score (nSPS) is 19.5. The van der Waals surface area contributed by atoms with Gasteiger partial charge in [-0.15, -0.1) is 5.10 Å². The van der Waals surface area contributed by atoms with Gasteiger partial charge in [0.1, 0.15) is 17.1 Å². The van der Waals surface area contributed by atoms with Crippen LogP contribution in [-0.4, -0.2) is 57.4 Å². The van der Waals surface area contributed by atoms with E-state index in [0.29, 0.717) is 24.4 Å². The zero-order valence-corrected chi connectivity index (χ0v) is 21.8. The fourth-order valence-electron chi connectivity index (χ4n) is 4.96. The van der Waals surface area contributed by atoms with E-state index in [9.17, 15) is 27.6 Å². The summed E-state index contributed by atoms with van der Waals surface area (Å²) in [5.41, 5.74) is -1.79. The lowest BCUT2D eigenvalue weighted by Gasteiger charge is -2.32. The van der Waals surface area contributed by atoms with E-state index < -0.39 is 34.6 Å². The molecule has 39 heavy (non-hydrogen) atoms. The number of carbonyl (C=O) groups is 3. The highest BCUT2D eigenvalue weighted by Crippen LogP contribution is 2.40. The van der Waals surface area contributed by atoms with Crippen LogP contribution in [0.3, 0.4) is 0 Å². The minimum Gasteiger partial charge on any atom is -0.465 e. The summed E-state index contributed by atoms with van der Waals surface area (Å²) in [5.74, 6) is -1.54. The van der Waals surface area contributed by atoms with Crippen molar-refractivity contribution in [2.24, 2.45) is 17.3 Å². The number of ketones is 1. The van der Waals surface area contributed by atoms with Crippen molar-refractivity contribution in [3.8, 4) is 11.4 Å². The molecule has 10 nitrogen and oxygen atoms in total. The molecular weight excluding hydrogens is 517 g/mol. The molecule has 1 N–H and O–H groups in total. The second kappa shape index (κ2) is 9.31. The van der Waals surface area contributed by atoms with E-state index in [0.717, 1.165) is 25.1 Å². The minimum atomic E-state index is -4.82. The quantitative estimate of drug-likeness (QED) is 0.490. The number of methoxy groups -OCH3 is 1. The number of amides is 1. The first-order chi connectivity index (χ1) is 18.3. The number of carbonyl (C=O) groups excluding carboxylic acids is 3. The number of nitrogens with zero attached hydrogens (tertiary/aromatic N) is 5. The standard InChI is InChI=1S/C26H27F3N6O4/c1-25(2,3)24(38)31-19-8-17(26(27,28)29)16(9-30-19)21-32-22(34-10-13-5-6-14(11-34)20(13)36)18-7-15(23(37)39-4)12-35(18)33-21/h7-9,12-14H,5-6,10-11H2,1-4H3,(H,30,31,38). The Balaban J connectivity index is 1.65. The molecule has 1 saturated carbocycles. The highest BCUT2D eigenvalue weighted by Gasteiger charge is 2.42. The van der Waals surface area contributed by atoms with Crippen molar-refractivity contribution in [2.45, 2.75) is 39.8 Å². The molecule has 2 fully saturated rings. The van der Waals surface area contributed by atoms with Gasteiger partial charge in [0.15, 0.2) is 11.6 Å². The van der Waals surface area contributed by atoms with Crippen molar-refractivity contribution in [1.29, 1.82) is 0 Å². The highest BCUT2D eigenvalue weighted by molar-refractivity contribution is 5.94. The molecule has 3 aromatic rings. The second-order valence-corrected chi connectivity index (χ2v) is 10.9. The number of fused-ring (bicyclic) bond motifs is 3. The van der Waals surface area contributed by atoms with E-state index >= 15 is 0 Å². The molecule has 0 radical (unpaired) electrons. The number of halogens is 3. The van der Waals surface area contributed by atoms with E-state index in [4.69, 9.17) is 4.74 Å². The first-order valence-corrected chi connectivity index (χ1v) is 12.4. The van der Waals surface area contributed by atoms with Gasteiger partial charge >= 0.3 is 12.1 Å². The van der Waals surface area contributed by atoms with Crippen molar-refractivity contribution >= 4 is 34.8 Å². The third kappa shape index (κ3) is 4.92. The van der Waals surface area contributed by atoms with Crippen LogP contribution in [0.4, 0.5) is 24.8 Å². The molecule has 1 amide bonds. The summed E-state index contributed by atoms with van der Waals surface area (Å²) >= 11 is 0. The summed E-state index contributed by atoms with van der Waals surface area (Å²) < 4.78 is 48.9. The van der Waals surface area contributed by atoms with Gasteiger partial charge in [-0.25, -0.2) is 19.3 Å². The Morgan fingerprint density at radius 1 is 1.10 bits per heavy atom.